The third kappa shape index (κ3) is 7.93. The minimum atomic E-state index is 1.08. The van der Waals surface area contributed by atoms with E-state index >= 15 is 0 Å². The molecule has 0 saturated heterocycles. The summed E-state index contributed by atoms with van der Waals surface area (Å²) in [6.45, 7) is 0. The van der Waals surface area contributed by atoms with E-state index in [4.69, 9.17) is 0 Å². The molecule has 0 aliphatic heterocycles. The van der Waals surface area contributed by atoms with Gasteiger partial charge in [-0.3, -0.25) is 0 Å². The zero-order chi connectivity index (χ0) is 40.8. The predicted octanol–water partition coefficient (Wildman–Crippen LogP) is 16.8. The van der Waals surface area contributed by atoms with Crippen LogP contribution in [-0.2, 0) is 0 Å². The fraction of sp³-hybridized carbons (Fsp3) is 0. The second-order valence-electron chi connectivity index (χ2n) is 15.3. The Hall–Kier alpha value is -8.00. The molecule has 0 amide bonds. The zero-order valence-electron chi connectivity index (χ0n) is 33.8. The molecule has 0 saturated carbocycles. The second-order valence-corrected chi connectivity index (χ2v) is 15.3. The number of hydrogen-bond acceptors (Lipinski definition) is 1. The Morgan fingerprint density at radius 3 is 0.836 bits per heavy atom. The largest absolute Gasteiger partial charge is 0.310 e. The van der Waals surface area contributed by atoms with Gasteiger partial charge in [-0.2, -0.15) is 0 Å². The van der Waals surface area contributed by atoms with Gasteiger partial charge in [-0.05, 0) is 126 Å². The van der Waals surface area contributed by atoms with Crippen LogP contribution in [0.2, 0.25) is 0 Å². The van der Waals surface area contributed by atoms with Crippen molar-refractivity contribution in [3.05, 3.63) is 261 Å². The van der Waals surface area contributed by atoms with Crippen molar-refractivity contribution < 1.29 is 0 Å². The molecule has 0 radical (unpaired) electrons. The van der Waals surface area contributed by atoms with E-state index in [0.717, 1.165) is 17.1 Å². The highest BCUT2D eigenvalue weighted by Gasteiger charge is 2.17. The Morgan fingerprint density at radius 1 is 0.164 bits per heavy atom. The van der Waals surface area contributed by atoms with Crippen LogP contribution in [0.1, 0.15) is 0 Å². The molecule has 0 heterocycles. The molecule has 0 N–H and O–H groups in total. The maximum Gasteiger partial charge on any atom is 0.0467 e. The lowest BCUT2D eigenvalue weighted by Gasteiger charge is -2.27. The Bertz CT molecular complexity index is 2840. The van der Waals surface area contributed by atoms with Crippen LogP contribution in [0.15, 0.2) is 261 Å². The van der Waals surface area contributed by atoms with E-state index in [0.29, 0.717) is 0 Å². The molecule has 1 heteroatoms. The zero-order valence-corrected chi connectivity index (χ0v) is 33.8. The SMILES string of the molecule is c1ccc(-c2cccc(N(c3ccc(-c4ccc(-c5ccccc5)cc4-c4ccccc4)cc3)c3ccc(-c4ccc(-c5ccccc5)cc4-c4ccccc4)cc3)c2)cc1. The smallest absolute Gasteiger partial charge is 0.0467 e. The van der Waals surface area contributed by atoms with Gasteiger partial charge in [0.05, 0.1) is 0 Å². The molecule has 0 unspecified atom stereocenters. The van der Waals surface area contributed by atoms with Crippen LogP contribution in [0.4, 0.5) is 17.1 Å². The number of hydrogen-bond donors (Lipinski definition) is 0. The molecular weight excluding hydrogens is 735 g/mol. The van der Waals surface area contributed by atoms with Crippen molar-refractivity contribution in [2.75, 3.05) is 4.90 Å². The highest BCUT2D eigenvalue weighted by Crippen LogP contribution is 2.42. The first-order valence-electron chi connectivity index (χ1n) is 20.9. The lowest BCUT2D eigenvalue weighted by Crippen LogP contribution is -2.10. The Morgan fingerprint density at radius 2 is 0.459 bits per heavy atom. The van der Waals surface area contributed by atoms with E-state index in [2.05, 4.69) is 266 Å². The van der Waals surface area contributed by atoms with Crippen LogP contribution in [0.5, 0.6) is 0 Å². The number of benzene rings is 10. The summed E-state index contributed by atoms with van der Waals surface area (Å²) in [5, 5.41) is 0. The van der Waals surface area contributed by atoms with Gasteiger partial charge in [-0.1, -0.05) is 212 Å². The first-order chi connectivity index (χ1) is 30.2. The predicted molar refractivity (Wildman–Crippen MR) is 259 cm³/mol. The molecule has 10 aromatic carbocycles. The summed E-state index contributed by atoms with van der Waals surface area (Å²) in [7, 11) is 0. The molecule has 1 nitrogen and oxygen atoms in total. The van der Waals surface area contributed by atoms with Gasteiger partial charge in [-0.25, -0.2) is 0 Å². The fourth-order valence-electron chi connectivity index (χ4n) is 8.41. The van der Waals surface area contributed by atoms with Crippen molar-refractivity contribution in [1.29, 1.82) is 0 Å². The van der Waals surface area contributed by atoms with E-state index in [9.17, 15) is 0 Å². The van der Waals surface area contributed by atoms with Crippen molar-refractivity contribution in [3.8, 4) is 77.9 Å². The van der Waals surface area contributed by atoms with Crippen LogP contribution in [0.25, 0.3) is 77.9 Å². The van der Waals surface area contributed by atoms with Crippen LogP contribution >= 0.6 is 0 Å². The minimum absolute atomic E-state index is 1.08. The van der Waals surface area contributed by atoms with E-state index in [1.165, 1.54) is 77.9 Å². The Kier molecular flexibility index (Phi) is 10.4. The van der Waals surface area contributed by atoms with E-state index in [-0.39, 0.29) is 0 Å². The summed E-state index contributed by atoms with van der Waals surface area (Å²) >= 11 is 0. The van der Waals surface area contributed by atoms with E-state index in [1.54, 1.807) is 0 Å². The maximum atomic E-state index is 2.37. The normalized spacial score (nSPS) is 11.0. The molecule has 0 aromatic heterocycles. The maximum absolute atomic E-state index is 2.37. The minimum Gasteiger partial charge on any atom is -0.310 e. The summed E-state index contributed by atoms with van der Waals surface area (Å²) in [6.07, 6.45) is 0. The summed E-state index contributed by atoms with van der Waals surface area (Å²) in [6, 6.07) is 93.9. The Labute approximate surface area is 359 Å². The summed E-state index contributed by atoms with van der Waals surface area (Å²) in [5.41, 5.74) is 20.0. The third-order valence-corrected chi connectivity index (χ3v) is 11.5. The summed E-state index contributed by atoms with van der Waals surface area (Å²) in [4.78, 5) is 2.37. The van der Waals surface area contributed by atoms with Gasteiger partial charge in [0.1, 0.15) is 0 Å². The van der Waals surface area contributed by atoms with Crippen LogP contribution in [0.3, 0.4) is 0 Å². The summed E-state index contributed by atoms with van der Waals surface area (Å²) in [5.74, 6) is 0. The quantitative estimate of drug-likeness (QED) is 0.134. The number of nitrogens with zero attached hydrogens (tertiary/aromatic N) is 1. The molecule has 0 bridgehead atoms. The first-order valence-corrected chi connectivity index (χ1v) is 20.9. The molecule has 0 fully saturated rings. The molecule has 10 aromatic rings. The van der Waals surface area contributed by atoms with Crippen molar-refractivity contribution in [1.82, 2.24) is 0 Å². The van der Waals surface area contributed by atoms with Crippen molar-refractivity contribution in [2.45, 2.75) is 0 Å². The van der Waals surface area contributed by atoms with Crippen molar-refractivity contribution in [2.24, 2.45) is 0 Å². The van der Waals surface area contributed by atoms with Crippen LogP contribution in [-0.4, -0.2) is 0 Å². The first kappa shape index (κ1) is 37.3. The average Bonchev–Trinajstić information content (AvgIpc) is 3.36. The topological polar surface area (TPSA) is 3.24 Å². The average molecular weight is 778 g/mol. The molecular formula is C60H43N. The molecule has 0 aliphatic carbocycles. The molecule has 61 heavy (non-hydrogen) atoms. The van der Waals surface area contributed by atoms with Crippen LogP contribution < -0.4 is 4.90 Å². The molecule has 0 spiro atoms. The molecule has 0 aliphatic rings. The van der Waals surface area contributed by atoms with Crippen LogP contribution in [0, 0.1) is 0 Å². The third-order valence-electron chi connectivity index (χ3n) is 11.5. The van der Waals surface area contributed by atoms with E-state index in [1.807, 2.05) is 0 Å². The lowest BCUT2D eigenvalue weighted by molar-refractivity contribution is 1.28. The molecule has 10 rings (SSSR count). The van der Waals surface area contributed by atoms with Gasteiger partial charge < -0.3 is 4.90 Å². The van der Waals surface area contributed by atoms with Gasteiger partial charge in [0.25, 0.3) is 0 Å². The van der Waals surface area contributed by atoms with Gasteiger partial charge in [0, 0.05) is 17.1 Å². The summed E-state index contributed by atoms with van der Waals surface area (Å²) < 4.78 is 0. The highest BCUT2D eigenvalue weighted by molar-refractivity contribution is 5.90. The monoisotopic (exact) mass is 777 g/mol. The van der Waals surface area contributed by atoms with Gasteiger partial charge in [-0.15, -0.1) is 0 Å². The second kappa shape index (κ2) is 17.1. The fourth-order valence-corrected chi connectivity index (χ4v) is 8.41. The highest BCUT2D eigenvalue weighted by atomic mass is 15.1. The Balaban J connectivity index is 1.06. The standard InChI is InChI=1S/C60H43N/c1-6-17-44(18-7-1)51-27-16-28-56(41-51)61(54-35-29-49(30-36-54)57-39-33-52(45-19-8-2-9-20-45)42-59(57)47-23-12-4-13-24-47)55-37-31-50(32-38-55)58-40-34-53(46-21-10-3-11-22-46)43-60(58)48-25-14-5-15-26-48/h1-43H. The van der Waals surface area contributed by atoms with Gasteiger partial charge >= 0.3 is 0 Å². The molecule has 288 valence electrons. The number of anilines is 3. The molecule has 0 atom stereocenters. The number of rotatable bonds is 10. The lowest BCUT2D eigenvalue weighted by atomic mass is 9.91. The van der Waals surface area contributed by atoms with Crippen molar-refractivity contribution in [3.63, 3.8) is 0 Å². The van der Waals surface area contributed by atoms with Gasteiger partial charge in [0.2, 0.25) is 0 Å². The van der Waals surface area contributed by atoms with E-state index < -0.39 is 0 Å². The van der Waals surface area contributed by atoms with Gasteiger partial charge in [0.15, 0.2) is 0 Å². The van der Waals surface area contributed by atoms with Crippen molar-refractivity contribution >= 4 is 17.1 Å².